The van der Waals surface area contributed by atoms with Gasteiger partial charge in [0.25, 0.3) is 0 Å². The molecule has 0 fully saturated rings. The van der Waals surface area contributed by atoms with E-state index < -0.39 is 11.8 Å². The van der Waals surface area contributed by atoms with E-state index in [1.807, 2.05) is 19.1 Å². The molecule has 21 heavy (non-hydrogen) atoms. The van der Waals surface area contributed by atoms with E-state index in [4.69, 9.17) is 0 Å². The molecule has 0 radical (unpaired) electrons. The van der Waals surface area contributed by atoms with Crippen molar-refractivity contribution in [3.05, 3.63) is 42.3 Å². The first kappa shape index (κ1) is 12.9. The van der Waals surface area contributed by atoms with Crippen molar-refractivity contribution in [1.29, 1.82) is 0 Å². The maximum atomic E-state index is 11.8. The fraction of sp³-hybridized carbons (Fsp3) is 0.0714. The summed E-state index contributed by atoms with van der Waals surface area (Å²) in [5, 5.41) is 9.31. The lowest BCUT2D eigenvalue weighted by Crippen LogP contribution is -2.29. The largest absolute Gasteiger partial charge is 0.363 e. The van der Waals surface area contributed by atoms with Gasteiger partial charge < -0.3 is 14.8 Å². The van der Waals surface area contributed by atoms with E-state index in [9.17, 15) is 9.59 Å². The average molecular weight is 284 g/mol. The van der Waals surface area contributed by atoms with E-state index in [1.165, 1.54) is 12.3 Å². The number of amides is 2. The molecule has 7 heteroatoms. The van der Waals surface area contributed by atoms with Crippen molar-refractivity contribution >= 4 is 34.2 Å². The summed E-state index contributed by atoms with van der Waals surface area (Å²) in [6.45, 7) is 1.95. The smallest absolute Gasteiger partial charge is 0.315 e. The van der Waals surface area contributed by atoms with Gasteiger partial charge in [0.15, 0.2) is 5.82 Å². The average Bonchev–Trinajstić information content (AvgIpc) is 3.06. The number of rotatable bonds is 2. The maximum absolute atomic E-state index is 11.8. The number of H-pyrrole nitrogens is 1. The molecule has 2 aromatic heterocycles. The molecule has 1 aromatic carbocycles. The molecule has 0 saturated carbocycles. The summed E-state index contributed by atoms with van der Waals surface area (Å²) in [5.74, 6) is -1.40. The van der Waals surface area contributed by atoms with Gasteiger partial charge in [-0.1, -0.05) is 5.16 Å². The van der Waals surface area contributed by atoms with Gasteiger partial charge in [0.1, 0.15) is 6.26 Å². The number of aromatic amines is 1. The molecule has 0 bridgehead atoms. The van der Waals surface area contributed by atoms with Crippen LogP contribution in [0.3, 0.4) is 0 Å². The Morgan fingerprint density at radius 3 is 2.71 bits per heavy atom. The van der Waals surface area contributed by atoms with Crippen molar-refractivity contribution in [2.75, 3.05) is 10.6 Å². The van der Waals surface area contributed by atoms with E-state index >= 15 is 0 Å². The minimum Gasteiger partial charge on any atom is -0.363 e. The summed E-state index contributed by atoms with van der Waals surface area (Å²) >= 11 is 0. The van der Waals surface area contributed by atoms with Gasteiger partial charge in [0.2, 0.25) is 0 Å². The second-order valence-corrected chi connectivity index (χ2v) is 4.55. The van der Waals surface area contributed by atoms with Crippen LogP contribution in [0.4, 0.5) is 11.5 Å². The van der Waals surface area contributed by atoms with Crippen molar-refractivity contribution in [3.8, 4) is 0 Å². The van der Waals surface area contributed by atoms with Crippen LogP contribution in [0.5, 0.6) is 0 Å². The third kappa shape index (κ3) is 2.76. The number of nitrogens with one attached hydrogen (secondary N) is 3. The zero-order chi connectivity index (χ0) is 14.8. The van der Waals surface area contributed by atoms with E-state index in [0.717, 1.165) is 16.6 Å². The number of fused-ring (bicyclic) bond motifs is 1. The molecule has 0 aliphatic carbocycles. The number of aromatic nitrogens is 2. The van der Waals surface area contributed by atoms with Gasteiger partial charge in [-0.25, -0.2) is 0 Å². The van der Waals surface area contributed by atoms with Crippen LogP contribution in [0.2, 0.25) is 0 Å². The highest BCUT2D eigenvalue weighted by molar-refractivity contribution is 6.43. The number of aryl methyl sites for hydroxylation is 1. The van der Waals surface area contributed by atoms with Crippen LogP contribution in [0, 0.1) is 6.92 Å². The first-order valence-corrected chi connectivity index (χ1v) is 6.24. The summed E-state index contributed by atoms with van der Waals surface area (Å²) in [7, 11) is 0. The molecule has 0 aliphatic rings. The lowest BCUT2D eigenvalue weighted by molar-refractivity contribution is -0.133. The van der Waals surface area contributed by atoms with Crippen molar-refractivity contribution < 1.29 is 14.1 Å². The predicted octanol–water partition coefficient (Wildman–Crippen LogP) is 2.04. The molecule has 106 valence electrons. The summed E-state index contributed by atoms with van der Waals surface area (Å²) in [5.41, 5.74) is 2.54. The number of hydrogen-bond donors (Lipinski definition) is 3. The summed E-state index contributed by atoms with van der Waals surface area (Å²) < 4.78 is 4.56. The van der Waals surface area contributed by atoms with E-state index in [0.29, 0.717) is 5.69 Å². The van der Waals surface area contributed by atoms with Crippen LogP contribution in [0.25, 0.3) is 10.9 Å². The van der Waals surface area contributed by atoms with Crippen molar-refractivity contribution in [2.24, 2.45) is 0 Å². The number of nitrogens with zero attached hydrogens (tertiary/aromatic N) is 1. The van der Waals surface area contributed by atoms with Gasteiger partial charge in [0, 0.05) is 28.4 Å². The van der Waals surface area contributed by atoms with Crippen LogP contribution in [0.1, 0.15) is 5.69 Å². The second-order valence-electron chi connectivity index (χ2n) is 4.55. The SMILES string of the molecule is Cc1cc2cc(NC(=O)C(=O)Nc3ccon3)ccc2[nH]1. The van der Waals surface area contributed by atoms with Gasteiger partial charge in [-0.05, 0) is 31.2 Å². The molecule has 3 aromatic rings. The molecule has 0 aliphatic heterocycles. The minimum absolute atomic E-state index is 0.187. The van der Waals surface area contributed by atoms with Crippen LogP contribution >= 0.6 is 0 Å². The molecule has 7 nitrogen and oxygen atoms in total. The topological polar surface area (TPSA) is 100 Å². The predicted molar refractivity (Wildman–Crippen MR) is 76.8 cm³/mol. The van der Waals surface area contributed by atoms with E-state index in [1.54, 1.807) is 12.1 Å². The van der Waals surface area contributed by atoms with Gasteiger partial charge in [-0.15, -0.1) is 0 Å². The fourth-order valence-electron chi connectivity index (χ4n) is 1.99. The molecular formula is C14H12N4O3. The number of anilines is 2. The quantitative estimate of drug-likeness (QED) is 0.627. The summed E-state index contributed by atoms with van der Waals surface area (Å²) in [6, 6.07) is 8.76. The van der Waals surface area contributed by atoms with Crippen molar-refractivity contribution in [3.63, 3.8) is 0 Å². The van der Waals surface area contributed by atoms with Crippen LogP contribution < -0.4 is 10.6 Å². The number of carbonyl (C=O) groups excluding carboxylic acids is 2. The Bertz CT molecular complexity index is 805. The number of hydrogen-bond acceptors (Lipinski definition) is 4. The van der Waals surface area contributed by atoms with Crippen molar-refractivity contribution in [2.45, 2.75) is 6.92 Å². The Morgan fingerprint density at radius 1 is 1.14 bits per heavy atom. The Labute approximate surface area is 119 Å². The Hall–Kier alpha value is -3.09. The first-order chi connectivity index (χ1) is 10.1. The minimum atomic E-state index is -0.811. The second kappa shape index (κ2) is 5.12. The molecule has 2 heterocycles. The van der Waals surface area contributed by atoms with E-state index in [2.05, 4.69) is 25.3 Å². The zero-order valence-electron chi connectivity index (χ0n) is 11.1. The highest BCUT2D eigenvalue weighted by Crippen LogP contribution is 2.19. The first-order valence-electron chi connectivity index (χ1n) is 6.24. The van der Waals surface area contributed by atoms with Gasteiger partial charge in [-0.2, -0.15) is 0 Å². The molecule has 0 unspecified atom stereocenters. The third-order valence-corrected chi connectivity index (χ3v) is 2.90. The fourth-order valence-corrected chi connectivity index (χ4v) is 1.99. The maximum Gasteiger partial charge on any atom is 0.315 e. The third-order valence-electron chi connectivity index (χ3n) is 2.90. The summed E-state index contributed by atoms with van der Waals surface area (Å²) in [6.07, 6.45) is 1.30. The Balaban J connectivity index is 1.71. The Morgan fingerprint density at radius 2 is 1.95 bits per heavy atom. The van der Waals surface area contributed by atoms with Gasteiger partial charge >= 0.3 is 11.8 Å². The molecule has 0 atom stereocenters. The molecule has 2 amide bonds. The zero-order valence-corrected chi connectivity index (χ0v) is 11.1. The lowest BCUT2D eigenvalue weighted by Gasteiger charge is -2.04. The molecule has 3 N–H and O–H groups in total. The molecular weight excluding hydrogens is 272 g/mol. The monoisotopic (exact) mass is 284 g/mol. The highest BCUT2D eigenvalue weighted by Gasteiger charge is 2.15. The van der Waals surface area contributed by atoms with Crippen LogP contribution in [-0.4, -0.2) is 22.0 Å². The van der Waals surface area contributed by atoms with Gasteiger partial charge in [0.05, 0.1) is 0 Å². The Kier molecular flexibility index (Phi) is 3.15. The van der Waals surface area contributed by atoms with Gasteiger partial charge in [-0.3, -0.25) is 14.9 Å². The molecule has 3 rings (SSSR count). The molecule has 0 saturated heterocycles. The summed E-state index contributed by atoms with van der Waals surface area (Å²) in [4.78, 5) is 26.6. The van der Waals surface area contributed by atoms with Crippen LogP contribution in [-0.2, 0) is 9.59 Å². The molecule has 0 spiro atoms. The number of benzene rings is 1. The standard InChI is InChI=1S/C14H12N4O3/c1-8-6-9-7-10(2-3-11(9)15-8)16-13(19)14(20)17-12-4-5-21-18-12/h2-7,15H,1H3,(H,16,19)(H,17,18,20). The van der Waals surface area contributed by atoms with E-state index in [-0.39, 0.29) is 5.82 Å². The lowest BCUT2D eigenvalue weighted by atomic mass is 10.2. The normalized spacial score (nSPS) is 10.5. The van der Waals surface area contributed by atoms with Crippen molar-refractivity contribution in [1.82, 2.24) is 10.1 Å². The highest BCUT2D eigenvalue weighted by atomic mass is 16.5. The van der Waals surface area contributed by atoms with Crippen LogP contribution in [0.15, 0.2) is 41.1 Å². The number of carbonyl (C=O) groups is 2.